The molecule has 8 heteroatoms. The topological polar surface area (TPSA) is 92.7 Å². The molecule has 2 aromatic heterocycles. The molecular formula is C16H14ClN5O2. The molecule has 1 amide bonds. The van der Waals surface area contributed by atoms with Gasteiger partial charge in [-0.2, -0.15) is 5.10 Å². The number of aromatic nitrogens is 4. The van der Waals surface area contributed by atoms with Crippen LogP contribution < -0.4 is 10.9 Å². The fourth-order valence-electron chi connectivity index (χ4n) is 2.21. The number of pyridine rings is 1. The fourth-order valence-corrected chi connectivity index (χ4v) is 2.38. The number of nitrogens with zero attached hydrogens (tertiary/aromatic N) is 3. The predicted molar refractivity (Wildman–Crippen MR) is 89.3 cm³/mol. The molecule has 0 aliphatic carbocycles. The Morgan fingerprint density at radius 1 is 1.33 bits per heavy atom. The van der Waals surface area contributed by atoms with Gasteiger partial charge < -0.3 is 10.3 Å². The lowest BCUT2D eigenvalue weighted by atomic mass is 10.1. The van der Waals surface area contributed by atoms with E-state index in [0.717, 1.165) is 11.3 Å². The molecule has 0 saturated carbocycles. The van der Waals surface area contributed by atoms with Crippen LogP contribution in [0, 0.1) is 0 Å². The minimum atomic E-state index is -0.426. The summed E-state index contributed by atoms with van der Waals surface area (Å²) in [5, 5.41) is 6.90. The van der Waals surface area contributed by atoms with E-state index in [-0.39, 0.29) is 17.0 Å². The minimum absolute atomic E-state index is 0.0208. The molecule has 3 rings (SSSR count). The largest absolute Gasteiger partial charge is 0.345 e. The normalized spacial score (nSPS) is 11.9. The summed E-state index contributed by atoms with van der Waals surface area (Å²) < 4.78 is 1.65. The molecule has 122 valence electrons. The van der Waals surface area contributed by atoms with Crippen LogP contribution in [0.4, 0.5) is 0 Å². The molecule has 0 aliphatic heterocycles. The third-order valence-corrected chi connectivity index (χ3v) is 3.82. The molecule has 2 N–H and O–H groups in total. The van der Waals surface area contributed by atoms with Gasteiger partial charge in [0.15, 0.2) is 0 Å². The third-order valence-electron chi connectivity index (χ3n) is 3.54. The zero-order chi connectivity index (χ0) is 17.1. The zero-order valence-electron chi connectivity index (χ0n) is 12.7. The lowest BCUT2D eigenvalue weighted by Gasteiger charge is -2.15. The van der Waals surface area contributed by atoms with E-state index in [2.05, 4.69) is 20.4 Å². The van der Waals surface area contributed by atoms with Gasteiger partial charge in [0.1, 0.15) is 17.7 Å². The number of halogens is 1. The van der Waals surface area contributed by atoms with Crippen molar-refractivity contribution in [1.29, 1.82) is 0 Å². The summed E-state index contributed by atoms with van der Waals surface area (Å²) in [6.45, 7) is 1.87. The van der Waals surface area contributed by atoms with E-state index in [1.54, 1.807) is 11.0 Å². The summed E-state index contributed by atoms with van der Waals surface area (Å²) in [6.07, 6.45) is 4.41. The third kappa shape index (κ3) is 3.36. The highest BCUT2D eigenvalue weighted by molar-refractivity contribution is 6.30. The van der Waals surface area contributed by atoms with Gasteiger partial charge in [-0.05, 0) is 30.7 Å². The summed E-state index contributed by atoms with van der Waals surface area (Å²) in [5.41, 5.74) is 1.68. The van der Waals surface area contributed by atoms with Gasteiger partial charge in [-0.15, -0.1) is 0 Å². The van der Waals surface area contributed by atoms with Crippen molar-refractivity contribution in [3.63, 3.8) is 0 Å². The van der Waals surface area contributed by atoms with E-state index in [9.17, 15) is 9.59 Å². The number of aromatic amines is 1. The summed E-state index contributed by atoms with van der Waals surface area (Å²) in [7, 11) is 0. The molecule has 3 aromatic rings. The monoisotopic (exact) mass is 343 g/mol. The van der Waals surface area contributed by atoms with Gasteiger partial charge in [0, 0.05) is 6.20 Å². The van der Waals surface area contributed by atoms with Crippen LogP contribution in [-0.2, 0) is 0 Å². The van der Waals surface area contributed by atoms with Crippen LogP contribution in [0.3, 0.4) is 0 Å². The van der Waals surface area contributed by atoms with Crippen LogP contribution in [-0.4, -0.2) is 25.7 Å². The Bertz CT molecular complexity index is 903. The van der Waals surface area contributed by atoms with E-state index >= 15 is 0 Å². The maximum Gasteiger partial charge on any atom is 0.266 e. The number of benzene rings is 1. The summed E-state index contributed by atoms with van der Waals surface area (Å²) >= 11 is 5.74. The van der Waals surface area contributed by atoms with Crippen LogP contribution in [0.2, 0.25) is 5.02 Å². The quantitative estimate of drug-likeness (QED) is 0.758. The number of hydrogen-bond acceptors (Lipinski definition) is 4. The van der Waals surface area contributed by atoms with Crippen molar-refractivity contribution >= 4 is 17.5 Å². The fraction of sp³-hybridized carbons (Fsp3) is 0.125. The first kappa shape index (κ1) is 15.9. The van der Waals surface area contributed by atoms with Gasteiger partial charge >= 0.3 is 0 Å². The van der Waals surface area contributed by atoms with Gasteiger partial charge in [-0.1, -0.05) is 23.7 Å². The van der Waals surface area contributed by atoms with E-state index in [4.69, 9.17) is 11.6 Å². The zero-order valence-corrected chi connectivity index (χ0v) is 13.5. The van der Waals surface area contributed by atoms with Crippen molar-refractivity contribution < 1.29 is 4.79 Å². The lowest BCUT2D eigenvalue weighted by molar-refractivity contribution is 0.0939. The standard InChI is InChI=1S/C16H14ClN5O2/c1-10(21-15(23)12-6-14(17)16(24)19-7-12)11-2-4-13(5-3-11)22-9-18-8-20-22/h2-10H,1H3,(H,19,24)(H,21,23). The second-order valence-electron chi connectivity index (χ2n) is 5.19. The maximum atomic E-state index is 12.2. The Balaban J connectivity index is 1.72. The molecule has 0 spiro atoms. The highest BCUT2D eigenvalue weighted by atomic mass is 35.5. The van der Waals surface area contributed by atoms with Crippen LogP contribution in [0.15, 0.2) is 54.0 Å². The van der Waals surface area contributed by atoms with Gasteiger partial charge in [0.2, 0.25) is 0 Å². The van der Waals surface area contributed by atoms with E-state index < -0.39 is 5.56 Å². The number of H-pyrrole nitrogens is 1. The molecule has 1 unspecified atom stereocenters. The predicted octanol–water partition coefficient (Wildman–Crippen LogP) is 2.10. The Morgan fingerprint density at radius 3 is 2.71 bits per heavy atom. The molecular weight excluding hydrogens is 330 g/mol. The minimum Gasteiger partial charge on any atom is -0.345 e. The van der Waals surface area contributed by atoms with Crippen molar-refractivity contribution in [3.8, 4) is 5.69 Å². The van der Waals surface area contributed by atoms with E-state index in [0.29, 0.717) is 5.56 Å². The van der Waals surface area contributed by atoms with Gasteiger partial charge in [0.05, 0.1) is 17.3 Å². The molecule has 0 bridgehead atoms. The number of carbonyl (C=O) groups excluding carboxylic acids is 1. The number of nitrogens with one attached hydrogen (secondary N) is 2. The van der Waals surface area contributed by atoms with Crippen LogP contribution in [0.25, 0.3) is 5.69 Å². The maximum absolute atomic E-state index is 12.2. The first-order valence-electron chi connectivity index (χ1n) is 7.18. The van der Waals surface area contributed by atoms with Crippen LogP contribution >= 0.6 is 11.6 Å². The second-order valence-corrected chi connectivity index (χ2v) is 5.60. The highest BCUT2D eigenvalue weighted by Gasteiger charge is 2.13. The highest BCUT2D eigenvalue weighted by Crippen LogP contribution is 2.16. The van der Waals surface area contributed by atoms with Crippen molar-refractivity contribution in [2.75, 3.05) is 0 Å². The molecule has 24 heavy (non-hydrogen) atoms. The summed E-state index contributed by atoms with van der Waals surface area (Å²) in [5.74, 6) is -0.319. The van der Waals surface area contributed by atoms with Crippen molar-refractivity contribution in [2.24, 2.45) is 0 Å². The number of rotatable bonds is 4. The van der Waals surface area contributed by atoms with Crippen molar-refractivity contribution in [2.45, 2.75) is 13.0 Å². The second kappa shape index (κ2) is 6.67. The Labute approximate surface area is 142 Å². The molecule has 2 heterocycles. The molecule has 1 atom stereocenters. The molecule has 0 radical (unpaired) electrons. The summed E-state index contributed by atoms with van der Waals surface area (Å²) in [4.78, 5) is 29.8. The first-order chi connectivity index (χ1) is 11.5. The Morgan fingerprint density at radius 2 is 2.08 bits per heavy atom. The lowest BCUT2D eigenvalue weighted by Crippen LogP contribution is -2.27. The summed E-state index contributed by atoms with van der Waals surface area (Å²) in [6, 6.07) is 8.72. The average molecular weight is 344 g/mol. The van der Waals surface area contributed by atoms with Gasteiger partial charge in [0.25, 0.3) is 11.5 Å². The molecule has 7 nitrogen and oxygen atoms in total. The number of hydrogen-bond donors (Lipinski definition) is 2. The smallest absolute Gasteiger partial charge is 0.266 e. The molecule has 0 aliphatic rings. The van der Waals surface area contributed by atoms with Crippen molar-refractivity contribution in [3.05, 3.63) is 75.7 Å². The SMILES string of the molecule is CC(NC(=O)c1c[nH]c(=O)c(Cl)c1)c1ccc(-n2cncn2)cc1. The molecule has 0 fully saturated rings. The average Bonchev–Trinajstić information content (AvgIpc) is 3.12. The molecule has 0 saturated heterocycles. The van der Waals surface area contributed by atoms with Crippen LogP contribution in [0.1, 0.15) is 28.9 Å². The number of amides is 1. The van der Waals surface area contributed by atoms with Crippen molar-refractivity contribution in [1.82, 2.24) is 25.1 Å². The van der Waals surface area contributed by atoms with Gasteiger partial charge in [-0.25, -0.2) is 9.67 Å². The number of carbonyl (C=O) groups is 1. The Hall–Kier alpha value is -2.93. The Kier molecular flexibility index (Phi) is 4.43. The van der Waals surface area contributed by atoms with E-state index in [1.165, 1.54) is 18.6 Å². The van der Waals surface area contributed by atoms with Gasteiger partial charge in [-0.3, -0.25) is 9.59 Å². The first-order valence-corrected chi connectivity index (χ1v) is 7.56. The molecule has 1 aromatic carbocycles. The van der Waals surface area contributed by atoms with E-state index in [1.807, 2.05) is 31.2 Å². The van der Waals surface area contributed by atoms with Crippen LogP contribution in [0.5, 0.6) is 0 Å².